The van der Waals surface area contributed by atoms with Gasteiger partial charge in [-0.1, -0.05) is 12.1 Å². The molecule has 1 aromatic rings. The number of nitrogens with zero attached hydrogens (tertiary/aromatic N) is 1. The summed E-state index contributed by atoms with van der Waals surface area (Å²) in [7, 11) is -2.24. The smallest absolute Gasteiger partial charge is 0.328 e. The summed E-state index contributed by atoms with van der Waals surface area (Å²) in [5, 5.41) is 17.2. The average Bonchev–Trinajstić information content (AvgIpc) is 2.37. The highest BCUT2D eigenvalue weighted by molar-refractivity contribution is 7.89. The number of carboxylic acids is 1. The molecule has 0 unspecified atom stereocenters. The van der Waals surface area contributed by atoms with Crippen molar-refractivity contribution in [1.82, 2.24) is 4.31 Å². The van der Waals surface area contributed by atoms with Crippen molar-refractivity contribution in [1.29, 1.82) is 0 Å². The fourth-order valence-corrected chi connectivity index (χ4v) is 2.52. The van der Waals surface area contributed by atoms with Crippen LogP contribution in [0.3, 0.4) is 0 Å². The highest BCUT2D eigenvalue weighted by Gasteiger charge is 2.19. The molecular weight excluding hydrogens is 270 g/mol. The van der Waals surface area contributed by atoms with E-state index in [1.54, 1.807) is 0 Å². The molecule has 104 valence electrons. The van der Waals surface area contributed by atoms with Crippen LogP contribution in [-0.2, 0) is 14.8 Å². The molecule has 0 fully saturated rings. The van der Waals surface area contributed by atoms with Crippen molar-refractivity contribution in [3.8, 4) is 0 Å². The quantitative estimate of drug-likeness (QED) is 0.738. The van der Waals surface area contributed by atoms with Gasteiger partial charge in [-0.2, -0.15) is 4.31 Å². The zero-order valence-electron chi connectivity index (χ0n) is 10.4. The molecule has 0 aliphatic heterocycles. The molecule has 6 nitrogen and oxygen atoms in total. The Bertz CT molecular complexity index is 562. The summed E-state index contributed by atoms with van der Waals surface area (Å²) in [5.74, 6) is -1.07. The van der Waals surface area contributed by atoms with Crippen molar-refractivity contribution < 1.29 is 23.4 Å². The minimum absolute atomic E-state index is 0.0169. The van der Waals surface area contributed by atoms with E-state index in [2.05, 4.69) is 0 Å². The lowest BCUT2D eigenvalue weighted by Gasteiger charge is -2.15. The van der Waals surface area contributed by atoms with Gasteiger partial charge >= 0.3 is 5.97 Å². The molecule has 1 aromatic carbocycles. The predicted molar refractivity (Wildman–Crippen MR) is 70.0 cm³/mol. The molecule has 0 heterocycles. The fourth-order valence-electron chi connectivity index (χ4n) is 1.36. The van der Waals surface area contributed by atoms with Gasteiger partial charge in [0.1, 0.15) is 0 Å². The Labute approximate surface area is 111 Å². The van der Waals surface area contributed by atoms with Crippen LogP contribution in [0.1, 0.15) is 5.56 Å². The molecule has 0 aliphatic rings. The zero-order valence-corrected chi connectivity index (χ0v) is 11.2. The maximum atomic E-state index is 12.0. The van der Waals surface area contributed by atoms with Gasteiger partial charge in [0, 0.05) is 19.7 Å². The lowest BCUT2D eigenvalue weighted by molar-refractivity contribution is -0.131. The third-order valence-corrected chi connectivity index (χ3v) is 4.29. The van der Waals surface area contributed by atoms with Crippen molar-refractivity contribution in [2.24, 2.45) is 0 Å². The molecule has 0 saturated carbocycles. The second kappa shape index (κ2) is 6.46. The number of aliphatic hydroxyl groups excluding tert-OH is 1. The minimum Gasteiger partial charge on any atom is -0.478 e. The molecule has 0 bridgehead atoms. The topological polar surface area (TPSA) is 94.9 Å². The maximum Gasteiger partial charge on any atom is 0.328 e. The first-order chi connectivity index (χ1) is 8.87. The number of aliphatic hydroxyl groups is 1. The lowest BCUT2D eigenvalue weighted by Crippen LogP contribution is -2.29. The third kappa shape index (κ3) is 4.16. The summed E-state index contributed by atoms with van der Waals surface area (Å²) in [6, 6.07) is 5.81. The van der Waals surface area contributed by atoms with Gasteiger partial charge in [0.05, 0.1) is 11.5 Å². The highest BCUT2D eigenvalue weighted by Crippen LogP contribution is 2.15. The van der Waals surface area contributed by atoms with Crippen LogP contribution in [0, 0.1) is 0 Å². The summed E-state index contributed by atoms with van der Waals surface area (Å²) in [6.45, 7) is -0.238. The number of rotatable bonds is 6. The molecule has 2 N–H and O–H groups in total. The molecule has 0 saturated heterocycles. The van der Waals surface area contributed by atoms with Crippen molar-refractivity contribution >= 4 is 22.1 Å². The molecule has 19 heavy (non-hydrogen) atoms. The number of hydrogen-bond donors (Lipinski definition) is 2. The van der Waals surface area contributed by atoms with E-state index in [1.165, 1.54) is 37.4 Å². The fraction of sp³-hybridized carbons (Fsp3) is 0.250. The number of benzene rings is 1. The molecule has 7 heteroatoms. The average molecular weight is 285 g/mol. The van der Waals surface area contributed by atoms with Gasteiger partial charge in [-0.05, 0) is 23.8 Å². The predicted octanol–water partition coefficient (Wildman–Crippen LogP) is 0.397. The Morgan fingerprint density at radius 2 is 1.89 bits per heavy atom. The summed E-state index contributed by atoms with van der Waals surface area (Å²) in [4.78, 5) is 10.4. The molecule has 0 atom stereocenters. The van der Waals surface area contributed by atoms with Crippen LogP contribution in [0.5, 0.6) is 0 Å². The van der Waals surface area contributed by atoms with E-state index < -0.39 is 16.0 Å². The van der Waals surface area contributed by atoms with Crippen LogP contribution >= 0.6 is 0 Å². The normalized spacial score (nSPS) is 12.2. The number of sulfonamides is 1. The molecule has 0 radical (unpaired) electrons. The molecular formula is C12H15NO5S. The first-order valence-corrected chi connectivity index (χ1v) is 6.90. The lowest BCUT2D eigenvalue weighted by atomic mass is 10.2. The van der Waals surface area contributed by atoms with Gasteiger partial charge in [0.25, 0.3) is 0 Å². The molecule has 1 rings (SSSR count). The van der Waals surface area contributed by atoms with Crippen molar-refractivity contribution in [2.75, 3.05) is 20.2 Å². The largest absolute Gasteiger partial charge is 0.478 e. The van der Waals surface area contributed by atoms with Crippen LogP contribution in [0.25, 0.3) is 6.08 Å². The molecule has 0 aromatic heterocycles. The van der Waals surface area contributed by atoms with Gasteiger partial charge < -0.3 is 10.2 Å². The Balaban J connectivity index is 2.95. The van der Waals surface area contributed by atoms with E-state index in [4.69, 9.17) is 10.2 Å². The Hall–Kier alpha value is -1.70. The van der Waals surface area contributed by atoms with Crippen LogP contribution in [0.2, 0.25) is 0 Å². The van der Waals surface area contributed by atoms with E-state index in [1.807, 2.05) is 0 Å². The van der Waals surface area contributed by atoms with E-state index in [0.29, 0.717) is 5.56 Å². The monoisotopic (exact) mass is 285 g/mol. The number of carbonyl (C=O) groups is 1. The van der Waals surface area contributed by atoms with Crippen LogP contribution in [-0.4, -0.2) is 49.1 Å². The Kier molecular flexibility index (Phi) is 5.22. The number of likely N-dealkylation sites (N-methyl/N-ethyl adjacent to an activating group) is 1. The second-order valence-corrected chi connectivity index (χ2v) is 5.84. The summed E-state index contributed by atoms with van der Waals surface area (Å²) >= 11 is 0. The van der Waals surface area contributed by atoms with Gasteiger partial charge in [0.15, 0.2) is 0 Å². The highest BCUT2D eigenvalue weighted by atomic mass is 32.2. The standard InChI is InChI=1S/C12H15NO5S/c1-13(8-9-14)19(17,18)11-5-2-10(3-6-11)4-7-12(15)16/h2-7,14H,8-9H2,1H3,(H,15,16)/b7-4+. The molecule has 0 amide bonds. The Morgan fingerprint density at radius 3 is 2.37 bits per heavy atom. The van der Waals surface area contributed by atoms with Crippen LogP contribution < -0.4 is 0 Å². The molecule has 0 spiro atoms. The van der Waals surface area contributed by atoms with Crippen molar-refractivity contribution in [3.63, 3.8) is 0 Å². The van der Waals surface area contributed by atoms with E-state index >= 15 is 0 Å². The van der Waals surface area contributed by atoms with Gasteiger partial charge in [-0.25, -0.2) is 13.2 Å². The van der Waals surface area contributed by atoms with Gasteiger partial charge in [0.2, 0.25) is 10.0 Å². The first kappa shape index (κ1) is 15.4. The number of carboxylic acid groups (broad SMARTS) is 1. The summed E-state index contributed by atoms with van der Waals surface area (Å²) < 4.78 is 25.1. The van der Waals surface area contributed by atoms with Gasteiger partial charge in [-0.3, -0.25) is 0 Å². The first-order valence-electron chi connectivity index (χ1n) is 5.46. The number of hydrogen-bond acceptors (Lipinski definition) is 4. The van der Waals surface area contributed by atoms with E-state index in [0.717, 1.165) is 10.4 Å². The van der Waals surface area contributed by atoms with Crippen molar-refractivity contribution in [3.05, 3.63) is 35.9 Å². The van der Waals surface area contributed by atoms with E-state index in [9.17, 15) is 13.2 Å². The minimum atomic E-state index is -3.62. The number of aliphatic carboxylic acids is 1. The van der Waals surface area contributed by atoms with Crippen LogP contribution in [0.15, 0.2) is 35.2 Å². The van der Waals surface area contributed by atoms with E-state index in [-0.39, 0.29) is 18.0 Å². The second-order valence-electron chi connectivity index (χ2n) is 3.79. The Morgan fingerprint density at radius 1 is 1.32 bits per heavy atom. The van der Waals surface area contributed by atoms with Gasteiger partial charge in [-0.15, -0.1) is 0 Å². The van der Waals surface area contributed by atoms with Crippen LogP contribution in [0.4, 0.5) is 0 Å². The SMILES string of the molecule is CN(CCO)S(=O)(=O)c1ccc(/C=C/C(=O)O)cc1. The molecule has 0 aliphatic carbocycles. The zero-order chi connectivity index (χ0) is 14.5. The third-order valence-electron chi connectivity index (χ3n) is 2.42. The maximum absolute atomic E-state index is 12.0. The van der Waals surface area contributed by atoms with Crippen molar-refractivity contribution in [2.45, 2.75) is 4.90 Å². The summed E-state index contributed by atoms with van der Waals surface area (Å²) in [5.41, 5.74) is 0.589. The summed E-state index contributed by atoms with van der Waals surface area (Å²) in [6.07, 6.45) is 2.34.